The minimum absolute atomic E-state index is 0.0160. The van der Waals surface area contributed by atoms with Crippen molar-refractivity contribution < 1.29 is 22.3 Å². The van der Waals surface area contributed by atoms with Crippen LogP contribution in [-0.2, 0) is 19.6 Å². The molecular formula is C21H28ClFN6O4S. The van der Waals surface area contributed by atoms with Gasteiger partial charge in [0.25, 0.3) is 0 Å². The Balaban J connectivity index is 1.43. The van der Waals surface area contributed by atoms with E-state index in [1.165, 1.54) is 25.6 Å². The van der Waals surface area contributed by atoms with Gasteiger partial charge >= 0.3 is 5.97 Å². The van der Waals surface area contributed by atoms with E-state index in [9.17, 15) is 17.6 Å². The number of hydrogen-bond acceptors (Lipinski definition) is 9. The van der Waals surface area contributed by atoms with Gasteiger partial charge in [0, 0.05) is 30.4 Å². The predicted molar refractivity (Wildman–Crippen MR) is 128 cm³/mol. The summed E-state index contributed by atoms with van der Waals surface area (Å²) in [4.78, 5) is 19.5. The van der Waals surface area contributed by atoms with Crippen LogP contribution in [0.5, 0.6) is 0 Å². The van der Waals surface area contributed by atoms with E-state index < -0.39 is 21.8 Å². The number of carbonyl (C=O) groups excluding carboxylic acids is 1. The number of benzene rings is 1. The maximum absolute atomic E-state index is 13.3. The molecule has 0 radical (unpaired) electrons. The summed E-state index contributed by atoms with van der Waals surface area (Å²) in [6.07, 6.45) is 4.35. The first-order valence-electron chi connectivity index (χ1n) is 10.8. The molecule has 0 atom stereocenters. The molecule has 0 amide bonds. The lowest BCUT2D eigenvalue weighted by atomic mass is 9.92. The number of ether oxygens (including phenoxy) is 1. The van der Waals surface area contributed by atoms with E-state index in [4.69, 9.17) is 11.6 Å². The molecule has 34 heavy (non-hydrogen) atoms. The van der Waals surface area contributed by atoms with Crippen molar-refractivity contribution >= 4 is 44.9 Å². The summed E-state index contributed by atoms with van der Waals surface area (Å²) in [7, 11) is -2.17. The zero-order valence-electron chi connectivity index (χ0n) is 18.7. The molecule has 13 heteroatoms. The van der Waals surface area contributed by atoms with Crippen molar-refractivity contribution in [2.45, 2.75) is 37.8 Å². The molecule has 1 aromatic heterocycles. The van der Waals surface area contributed by atoms with Gasteiger partial charge in [0.1, 0.15) is 23.8 Å². The normalized spacial score (nSPS) is 18.3. The first-order chi connectivity index (χ1) is 16.2. The molecule has 3 rings (SSSR count). The van der Waals surface area contributed by atoms with E-state index in [1.54, 1.807) is 12.1 Å². The van der Waals surface area contributed by atoms with Gasteiger partial charge in [0.15, 0.2) is 0 Å². The Morgan fingerprint density at radius 1 is 1.15 bits per heavy atom. The van der Waals surface area contributed by atoms with Crippen LogP contribution in [0.1, 0.15) is 25.7 Å². The molecule has 0 aliphatic heterocycles. The molecule has 1 saturated carbocycles. The predicted octanol–water partition coefficient (Wildman–Crippen LogP) is 2.42. The standard InChI is InChI=1S/C21H28ClFN6O4S/c1-33-21(30)12-24-8-9-34(31,32)29-15-4-2-14(3-5-15)27-19-11-20(26-13-25-19)28-16-6-7-18(23)17(22)10-16/h6-7,10-11,13-15,24,29H,2-5,8-9,12H2,1H3,(H2,25,26,27,28). The highest BCUT2D eigenvalue weighted by Gasteiger charge is 2.25. The van der Waals surface area contributed by atoms with Crippen LogP contribution >= 0.6 is 11.6 Å². The van der Waals surface area contributed by atoms with Crippen molar-refractivity contribution in [2.75, 3.05) is 36.6 Å². The van der Waals surface area contributed by atoms with Gasteiger partial charge in [-0.3, -0.25) is 4.79 Å². The summed E-state index contributed by atoms with van der Waals surface area (Å²) in [6.45, 7) is 0.135. The van der Waals surface area contributed by atoms with Crippen LogP contribution in [0.3, 0.4) is 0 Å². The number of esters is 1. The Kier molecular flexibility index (Phi) is 9.39. The number of nitrogens with zero attached hydrogens (tertiary/aromatic N) is 2. The minimum Gasteiger partial charge on any atom is -0.468 e. The number of aromatic nitrogens is 2. The Morgan fingerprint density at radius 3 is 2.56 bits per heavy atom. The van der Waals surface area contributed by atoms with Crippen molar-refractivity contribution in [3.05, 3.63) is 41.4 Å². The lowest BCUT2D eigenvalue weighted by Crippen LogP contribution is -2.42. The second kappa shape index (κ2) is 12.2. The second-order valence-electron chi connectivity index (χ2n) is 7.92. The van der Waals surface area contributed by atoms with Crippen molar-refractivity contribution in [3.63, 3.8) is 0 Å². The summed E-state index contributed by atoms with van der Waals surface area (Å²) in [5, 5.41) is 9.18. The zero-order valence-corrected chi connectivity index (χ0v) is 20.3. The molecule has 1 aliphatic rings. The van der Waals surface area contributed by atoms with Crippen molar-refractivity contribution in [1.82, 2.24) is 20.0 Å². The first-order valence-corrected chi connectivity index (χ1v) is 12.9. The molecular weight excluding hydrogens is 487 g/mol. The van der Waals surface area contributed by atoms with E-state index in [0.717, 1.165) is 12.8 Å². The first kappa shape index (κ1) is 26.1. The Labute approximate surface area is 203 Å². The number of hydrogen-bond donors (Lipinski definition) is 4. The number of halogens is 2. The van der Waals surface area contributed by atoms with Crippen LogP contribution in [0.2, 0.25) is 5.02 Å². The van der Waals surface area contributed by atoms with Crippen LogP contribution in [0.15, 0.2) is 30.6 Å². The maximum Gasteiger partial charge on any atom is 0.319 e. The summed E-state index contributed by atoms with van der Waals surface area (Å²) < 4.78 is 45.1. The molecule has 4 N–H and O–H groups in total. The third-order valence-corrected chi connectivity index (χ3v) is 7.05. The average Bonchev–Trinajstić information content (AvgIpc) is 2.80. The SMILES string of the molecule is COC(=O)CNCCS(=O)(=O)NC1CCC(Nc2cc(Nc3ccc(F)c(Cl)c3)ncn2)CC1. The molecule has 1 aliphatic carbocycles. The molecule has 2 aromatic rings. The fraction of sp³-hybridized carbons (Fsp3) is 0.476. The van der Waals surface area contributed by atoms with Crippen LogP contribution in [0.25, 0.3) is 0 Å². The number of nitrogens with one attached hydrogen (secondary N) is 4. The Hall–Kier alpha value is -2.54. The summed E-state index contributed by atoms with van der Waals surface area (Å²) >= 11 is 5.82. The minimum atomic E-state index is -3.45. The fourth-order valence-corrected chi connectivity index (χ4v) is 5.03. The van der Waals surface area contributed by atoms with E-state index >= 15 is 0 Å². The lowest BCUT2D eigenvalue weighted by molar-refractivity contribution is -0.139. The van der Waals surface area contributed by atoms with Crippen LogP contribution < -0.4 is 20.7 Å². The highest BCUT2D eigenvalue weighted by Crippen LogP contribution is 2.25. The average molecular weight is 515 g/mol. The van der Waals surface area contributed by atoms with Crippen LogP contribution in [0, 0.1) is 5.82 Å². The van der Waals surface area contributed by atoms with Crippen LogP contribution in [0.4, 0.5) is 21.7 Å². The molecule has 0 spiro atoms. The van der Waals surface area contributed by atoms with Gasteiger partial charge in [-0.1, -0.05) is 11.6 Å². The molecule has 0 saturated heterocycles. The fourth-order valence-electron chi connectivity index (χ4n) is 3.57. The molecule has 186 valence electrons. The molecule has 1 heterocycles. The van der Waals surface area contributed by atoms with Crippen molar-refractivity contribution in [2.24, 2.45) is 0 Å². The van der Waals surface area contributed by atoms with Gasteiger partial charge in [-0.05, 0) is 43.9 Å². The molecule has 0 unspecified atom stereocenters. The van der Waals surface area contributed by atoms with Gasteiger partial charge < -0.3 is 20.7 Å². The Bertz CT molecular complexity index is 1080. The number of carbonyl (C=O) groups is 1. The monoisotopic (exact) mass is 514 g/mol. The smallest absolute Gasteiger partial charge is 0.319 e. The third-order valence-electron chi connectivity index (χ3n) is 5.33. The number of methoxy groups -OCH3 is 1. The summed E-state index contributed by atoms with van der Waals surface area (Å²) in [5.41, 5.74) is 0.601. The van der Waals surface area contributed by atoms with E-state index in [-0.39, 0.29) is 35.9 Å². The van der Waals surface area contributed by atoms with Gasteiger partial charge in [-0.15, -0.1) is 0 Å². The van der Waals surface area contributed by atoms with Crippen molar-refractivity contribution in [1.29, 1.82) is 0 Å². The summed E-state index contributed by atoms with van der Waals surface area (Å²) in [5.74, 6) is 0.111. The van der Waals surface area contributed by atoms with Crippen LogP contribution in [-0.4, -0.2) is 62.4 Å². The van der Waals surface area contributed by atoms with Gasteiger partial charge in [-0.2, -0.15) is 0 Å². The second-order valence-corrected chi connectivity index (χ2v) is 10.2. The topological polar surface area (TPSA) is 134 Å². The third kappa shape index (κ3) is 8.35. The van der Waals surface area contributed by atoms with Gasteiger partial charge in [-0.25, -0.2) is 27.5 Å². The zero-order chi connectivity index (χ0) is 24.6. The molecule has 0 bridgehead atoms. The highest BCUT2D eigenvalue weighted by atomic mass is 35.5. The molecule has 10 nitrogen and oxygen atoms in total. The van der Waals surface area contributed by atoms with Gasteiger partial charge in [0.2, 0.25) is 10.0 Å². The number of sulfonamides is 1. The Morgan fingerprint density at radius 2 is 1.85 bits per heavy atom. The number of rotatable bonds is 11. The quantitative estimate of drug-likeness (QED) is 0.263. The summed E-state index contributed by atoms with van der Waals surface area (Å²) in [6, 6.07) is 6.07. The largest absolute Gasteiger partial charge is 0.468 e. The molecule has 1 aromatic carbocycles. The maximum atomic E-state index is 13.3. The highest BCUT2D eigenvalue weighted by molar-refractivity contribution is 7.89. The van der Waals surface area contributed by atoms with E-state index in [0.29, 0.717) is 30.2 Å². The van der Waals surface area contributed by atoms with Gasteiger partial charge in [0.05, 0.1) is 24.4 Å². The lowest BCUT2D eigenvalue weighted by Gasteiger charge is -2.29. The molecule has 1 fully saturated rings. The number of anilines is 3. The van der Waals surface area contributed by atoms with E-state index in [1.807, 2.05) is 0 Å². The van der Waals surface area contributed by atoms with Crippen molar-refractivity contribution in [3.8, 4) is 0 Å². The van der Waals surface area contributed by atoms with E-state index in [2.05, 4.69) is 35.4 Å².